The number of aromatic amines is 1. The van der Waals surface area contributed by atoms with Crippen LogP contribution < -0.4 is 16.7 Å². The highest BCUT2D eigenvalue weighted by atomic mass is 35.5. The largest absolute Gasteiger partial charge is 0.494 e. The van der Waals surface area contributed by atoms with Crippen molar-refractivity contribution in [3.8, 4) is 5.88 Å². The monoisotopic (exact) mass is 388 g/mol. The number of hydrazone groups is 1. The van der Waals surface area contributed by atoms with Gasteiger partial charge in [0.25, 0.3) is 5.56 Å². The van der Waals surface area contributed by atoms with E-state index in [0.717, 1.165) is 37.7 Å². The molecule has 8 heteroatoms. The Balaban J connectivity index is 1.67. The van der Waals surface area contributed by atoms with E-state index in [1.807, 2.05) is 12.1 Å². The molecule has 27 heavy (non-hydrogen) atoms. The lowest BCUT2D eigenvalue weighted by molar-refractivity contribution is 0.298. The molecule has 1 saturated carbocycles. The molecule has 1 aliphatic heterocycles. The summed E-state index contributed by atoms with van der Waals surface area (Å²) in [6.45, 7) is 0. The van der Waals surface area contributed by atoms with Gasteiger partial charge in [0, 0.05) is 17.5 Å². The van der Waals surface area contributed by atoms with Crippen LogP contribution in [-0.4, -0.2) is 20.4 Å². The standard InChI is InChI=1S/C19H21ClN4O3/c20-12-8-6-11(7-9-12)14-10-15(23-22-14)16-17(25)21-19(27)24(18(16)26)13-4-2-1-3-5-13/h6-9,13-14,22,26H,1-5,10H2,(H,21,25,27)/t14-/m0/s1. The zero-order chi connectivity index (χ0) is 19.0. The Morgan fingerprint density at radius 1 is 1.11 bits per heavy atom. The molecule has 1 aliphatic carbocycles. The zero-order valence-electron chi connectivity index (χ0n) is 14.7. The van der Waals surface area contributed by atoms with Gasteiger partial charge in [0.05, 0.1) is 11.8 Å². The first-order valence-corrected chi connectivity index (χ1v) is 9.58. The highest BCUT2D eigenvalue weighted by molar-refractivity contribution is 6.30. The number of aromatic hydroxyl groups is 1. The lowest BCUT2D eigenvalue weighted by atomic mass is 9.95. The molecule has 0 radical (unpaired) electrons. The summed E-state index contributed by atoms with van der Waals surface area (Å²) >= 11 is 5.93. The van der Waals surface area contributed by atoms with Crippen LogP contribution >= 0.6 is 11.6 Å². The Morgan fingerprint density at radius 3 is 2.52 bits per heavy atom. The van der Waals surface area contributed by atoms with Gasteiger partial charge in [-0.2, -0.15) is 5.10 Å². The van der Waals surface area contributed by atoms with Gasteiger partial charge in [-0.25, -0.2) is 4.79 Å². The van der Waals surface area contributed by atoms with Crippen molar-refractivity contribution < 1.29 is 5.11 Å². The highest BCUT2D eigenvalue weighted by Crippen LogP contribution is 2.32. The van der Waals surface area contributed by atoms with Crippen molar-refractivity contribution in [2.45, 2.75) is 50.6 Å². The lowest BCUT2D eigenvalue weighted by Crippen LogP contribution is -2.36. The first-order chi connectivity index (χ1) is 13.0. The number of halogens is 1. The molecule has 2 aliphatic rings. The first-order valence-electron chi connectivity index (χ1n) is 9.20. The topological polar surface area (TPSA) is 99.5 Å². The maximum atomic E-state index is 12.4. The summed E-state index contributed by atoms with van der Waals surface area (Å²) in [7, 11) is 0. The van der Waals surface area contributed by atoms with Gasteiger partial charge in [0.1, 0.15) is 5.56 Å². The molecule has 4 rings (SSSR count). The van der Waals surface area contributed by atoms with E-state index in [-0.39, 0.29) is 23.5 Å². The van der Waals surface area contributed by atoms with Crippen LogP contribution in [0.1, 0.15) is 61.7 Å². The van der Waals surface area contributed by atoms with Gasteiger partial charge in [-0.15, -0.1) is 0 Å². The molecular formula is C19H21ClN4O3. The molecule has 0 saturated heterocycles. The third kappa shape index (κ3) is 3.39. The SMILES string of the molecule is O=c1[nH]c(=O)n(C2CCCCC2)c(O)c1C1=NN[C@H](c2ccc(Cl)cc2)C1. The number of aromatic nitrogens is 2. The van der Waals surface area contributed by atoms with Crippen LogP contribution in [-0.2, 0) is 0 Å². The number of nitrogens with one attached hydrogen (secondary N) is 2. The molecule has 0 amide bonds. The van der Waals surface area contributed by atoms with Crippen LogP contribution in [0.15, 0.2) is 39.0 Å². The van der Waals surface area contributed by atoms with Crippen molar-refractivity contribution in [3.05, 3.63) is 61.3 Å². The van der Waals surface area contributed by atoms with Gasteiger partial charge >= 0.3 is 5.69 Å². The quantitative estimate of drug-likeness (QED) is 0.752. The second-order valence-electron chi connectivity index (χ2n) is 7.12. The average Bonchev–Trinajstić information content (AvgIpc) is 3.12. The lowest BCUT2D eigenvalue weighted by Gasteiger charge is -2.25. The second kappa shape index (κ2) is 7.23. The summed E-state index contributed by atoms with van der Waals surface area (Å²) in [5.74, 6) is -0.284. The summed E-state index contributed by atoms with van der Waals surface area (Å²) in [4.78, 5) is 27.1. The number of benzene rings is 1. The van der Waals surface area contributed by atoms with Crippen LogP contribution in [0.25, 0.3) is 0 Å². The minimum atomic E-state index is -0.609. The van der Waals surface area contributed by atoms with Crippen molar-refractivity contribution in [1.82, 2.24) is 15.0 Å². The number of hydrogen-bond acceptors (Lipinski definition) is 5. The fraction of sp³-hybridized carbons (Fsp3) is 0.421. The molecule has 2 aromatic rings. The number of nitrogens with zero attached hydrogens (tertiary/aromatic N) is 2. The molecule has 0 spiro atoms. The van der Waals surface area contributed by atoms with E-state index in [0.29, 0.717) is 17.2 Å². The molecule has 0 bridgehead atoms. The number of hydrogen-bond donors (Lipinski definition) is 3. The summed E-state index contributed by atoms with van der Waals surface area (Å²) in [6, 6.07) is 7.17. The fourth-order valence-electron chi connectivity index (χ4n) is 3.96. The molecule has 1 aromatic heterocycles. The van der Waals surface area contributed by atoms with E-state index in [9.17, 15) is 14.7 Å². The fourth-order valence-corrected chi connectivity index (χ4v) is 4.09. The molecule has 0 unspecified atom stereocenters. The van der Waals surface area contributed by atoms with E-state index >= 15 is 0 Å². The molecule has 7 nitrogen and oxygen atoms in total. The van der Waals surface area contributed by atoms with Crippen molar-refractivity contribution in [3.63, 3.8) is 0 Å². The van der Waals surface area contributed by atoms with Gasteiger partial charge in [0.2, 0.25) is 5.88 Å². The zero-order valence-corrected chi connectivity index (χ0v) is 15.5. The molecule has 1 aromatic carbocycles. The minimum absolute atomic E-state index is 0.0733. The predicted octanol–water partition coefficient (Wildman–Crippen LogP) is 2.84. The maximum absolute atomic E-state index is 12.4. The Morgan fingerprint density at radius 2 is 1.81 bits per heavy atom. The van der Waals surface area contributed by atoms with Crippen LogP contribution in [0.2, 0.25) is 5.02 Å². The van der Waals surface area contributed by atoms with Gasteiger partial charge < -0.3 is 10.5 Å². The summed E-state index contributed by atoms with van der Waals surface area (Å²) in [5, 5.41) is 15.7. The van der Waals surface area contributed by atoms with E-state index in [1.54, 1.807) is 12.1 Å². The molecule has 1 atom stereocenters. The van der Waals surface area contributed by atoms with Crippen LogP contribution in [0, 0.1) is 0 Å². The third-order valence-electron chi connectivity index (χ3n) is 5.37. The Bertz CT molecular complexity index is 987. The summed E-state index contributed by atoms with van der Waals surface area (Å²) in [5.41, 5.74) is 3.33. The minimum Gasteiger partial charge on any atom is -0.494 e. The third-order valence-corrected chi connectivity index (χ3v) is 5.62. The van der Waals surface area contributed by atoms with E-state index in [2.05, 4.69) is 15.5 Å². The molecule has 1 fully saturated rings. The van der Waals surface area contributed by atoms with E-state index in [4.69, 9.17) is 11.6 Å². The van der Waals surface area contributed by atoms with Crippen molar-refractivity contribution in [1.29, 1.82) is 0 Å². The summed E-state index contributed by atoms with van der Waals surface area (Å²) < 4.78 is 1.33. The highest BCUT2D eigenvalue weighted by Gasteiger charge is 2.29. The van der Waals surface area contributed by atoms with Crippen molar-refractivity contribution in [2.75, 3.05) is 0 Å². The van der Waals surface area contributed by atoms with E-state index in [1.165, 1.54) is 4.57 Å². The smallest absolute Gasteiger partial charge is 0.331 e. The molecular weight excluding hydrogens is 368 g/mol. The Kier molecular flexibility index (Phi) is 4.78. The normalized spacial score (nSPS) is 20.3. The molecule has 2 heterocycles. The second-order valence-corrected chi connectivity index (χ2v) is 7.55. The van der Waals surface area contributed by atoms with Crippen LogP contribution in [0.4, 0.5) is 0 Å². The first kappa shape index (κ1) is 17.9. The number of H-pyrrole nitrogens is 1. The Hall–Kier alpha value is -2.54. The molecule has 3 N–H and O–H groups in total. The average molecular weight is 389 g/mol. The molecule has 142 valence electrons. The Labute approximate surface area is 160 Å². The van der Waals surface area contributed by atoms with Gasteiger partial charge in [0.15, 0.2) is 0 Å². The number of rotatable bonds is 3. The van der Waals surface area contributed by atoms with Gasteiger partial charge in [-0.1, -0.05) is 43.0 Å². The van der Waals surface area contributed by atoms with Gasteiger partial charge in [-0.3, -0.25) is 14.3 Å². The predicted molar refractivity (Wildman–Crippen MR) is 104 cm³/mol. The van der Waals surface area contributed by atoms with Crippen LogP contribution in [0.3, 0.4) is 0 Å². The van der Waals surface area contributed by atoms with Crippen molar-refractivity contribution in [2.24, 2.45) is 5.10 Å². The van der Waals surface area contributed by atoms with Gasteiger partial charge in [-0.05, 0) is 30.5 Å². The van der Waals surface area contributed by atoms with Crippen LogP contribution in [0.5, 0.6) is 5.88 Å². The summed E-state index contributed by atoms with van der Waals surface area (Å²) in [6.07, 6.45) is 5.20. The van der Waals surface area contributed by atoms with Crippen molar-refractivity contribution >= 4 is 17.3 Å². The maximum Gasteiger partial charge on any atom is 0.331 e. The van der Waals surface area contributed by atoms with E-state index < -0.39 is 11.2 Å².